The maximum absolute atomic E-state index is 12.9. The first-order chi connectivity index (χ1) is 14.0. The minimum atomic E-state index is -0.646. The van der Waals surface area contributed by atoms with E-state index in [4.69, 9.17) is 9.84 Å². The summed E-state index contributed by atoms with van der Waals surface area (Å²) in [7, 11) is 1.38. The van der Waals surface area contributed by atoms with Gasteiger partial charge in [-0.05, 0) is 37.7 Å². The fraction of sp³-hybridized carbons (Fsp3) is 0.591. The van der Waals surface area contributed by atoms with E-state index >= 15 is 0 Å². The highest BCUT2D eigenvalue weighted by molar-refractivity contribution is 5.89. The highest BCUT2D eigenvalue weighted by atomic mass is 16.5. The second kappa shape index (κ2) is 9.39. The SMILES string of the molecule is COC(=O)[C@@H]1CC[C@H](C(=O)N2CC(Cc3ccccc3)(C(=O)NCCCO)C2)C1. The largest absolute Gasteiger partial charge is 0.469 e. The van der Waals surface area contributed by atoms with Gasteiger partial charge in [-0.25, -0.2) is 0 Å². The van der Waals surface area contributed by atoms with Crippen LogP contribution in [0.15, 0.2) is 30.3 Å². The van der Waals surface area contributed by atoms with E-state index in [0.29, 0.717) is 51.7 Å². The molecular weight excluding hydrogens is 372 g/mol. The molecule has 7 heteroatoms. The van der Waals surface area contributed by atoms with E-state index in [0.717, 1.165) is 5.56 Å². The Morgan fingerprint density at radius 2 is 1.86 bits per heavy atom. The molecule has 0 spiro atoms. The number of amides is 2. The number of rotatable bonds is 8. The Bertz CT molecular complexity index is 730. The van der Waals surface area contributed by atoms with E-state index in [1.807, 2.05) is 30.3 Å². The average Bonchev–Trinajstić information content (AvgIpc) is 3.20. The van der Waals surface area contributed by atoms with Crippen LogP contribution in [0, 0.1) is 17.3 Å². The number of aliphatic hydroxyl groups is 1. The minimum absolute atomic E-state index is 0.0274. The number of ether oxygens (including phenoxy) is 1. The van der Waals surface area contributed by atoms with Gasteiger partial charge in [-0.15, -0.1) is 0 Å². The lowest BCUT2D eigenvalue weighted by atomic mass is 9.73. The summed E-state index contributed by atoms with van der Waals surface area (Å²) >= 11 is 0. The Morgan fingerprint density at radius 1 is 1.17 bits per heavy atom. The predicted molar refractivity (Wildman–Crippen MR) is 107 cm³/mol. The van der Waals surface area contributed by atoms with Gasteiger partial charge < -0.3 is 20.1 Å². The van der Waals surface area contributed by atoms with Gasteiger partial charge in [0.05, 0.1) is 18.4 Å². The Morgan fingerprint density at radius 3 is 2.52 bits per heavy atom. The van der Waals surface area contributed by atoms with Crippen molar-refractivity contribution in [3.05, 3.63) is 35.9 Å². The number of methoxy groups -OCH3 is 1. The summed E-state index contributed by atoms with van der Waals surface area (Å²) in [5, 5.41) is 11.9. The molecule has 1 saturated heterocycles. The van der Waals surface area contributed by atoms with Crippen LogP contribution < -0.4 is 5.32 Å². The molecule has 0 bridgehead atoms. The van der Waals surface area contributed by atoms with E-state index in [2.05, 4.69) is 5.32 Å². The van der Waals surface area contributed by atoms with Crippen molar-refractivity contribution >= 4 is 17.8 Å². The van der Waals surface area contributed by atoms with Gasteiger partial charge in [0, 0.05) is 32.2 Å². The zero-order chi connectivity index (χ0) is 20.9. The number of hydrogen-bond acceptors (Lipinski definition) is 5. The van der Waals surface area contributed by atoms with Crippen molar-refractivity contribution in [1.29, 1.82) is 0 Å². The van der Waals surface area contributed by atoms with E-state index in [-0.39, 0.29) is 36.2 Å². The zero-order valence-electron chi connectivity index (χ0n) is 16.9. The zero-order valence-corrected chi connectivity index (χ0v) is 16.9. The van der Waals surface area contributed by atoms with Gasteiger partial charge in [0.1, 0.15) is 0 Å². The number of carbonyl (C=O) groups excluding carboxylic acids is 3. The predicted octanol–water partition coefficient (Wildman–Crippen LogP) is 1.15. The molecular formula is C22H30N2O5. The van der Waals surface area contributed by atoms with Crippen molar-refractivity contribution in [2.75, 3.05) is 33.4 Å². The third-order valence-corrected chi connectivity index (χ3v) is 6.10. The van der Waals surface area contributed by atoms with E-state index in [1.165, 1.54) is 7.11 Å². The molecule has 2 atom stereocenters. The van der Waals surface area contributed by atoms with Crippen LogP contribution in [-0.2, 0) is 25.5 Å². The maximum atomic E-state index is 12.9. The molecule has 1 aromatic rings. The number of likely N-dealkylation sites (tertiary alicyclic amines) is 1. The van der Waals surface area contributed by atoms with Crippen molar-refractivity contribution < 1.29 is 24.2 Å². The number of hydrogen-bond donors (Lipinski definition) is 2. The maximum Gasteiger partial charge on any atom is 0.308 e. The molecule has 1 heterocycles. The minimum Gasteiger partial charge on any atom is -0.469 e. The normalized spacial score (nSPS) is 22.6. The van der Waals surface area contributed by atoms with Crippen LogP contribution in [0.25, 0.3) is 0 Å². The molecule has 0 radical (unpaired) electrons. The first-order valence-corrected chi connectivity index (χ1v) is 10.3. The Balaban J connectivity index is 1.63. The molecule has 2 fully saturated rings. The summed E-state index contributed by atoms with van der Waals surface area (Å²) < 4.78 is 4.81. The van der Waals surface area contributed by atoms with E-state index in [1.54, 1.807) is 4.90 Å². The number of nitrogens with zero attached hydrogens (tertiary/aromatic N) is 1. The molecule has 3 rings (SSSR count). The van der Waals surface area contributed by atoms with Crippen LogP contribution in [0.3, 0.4) is 0 Å². The van der Waals surface area contributed by atoms with E-state index in [9.17, 15) is 14.4 Å². The van der Waals surface area contributed by atoms with Gasteiger partial charge in [0.2, 0.25) is 11.8 Å². The molecule has 2 N–H and O–H groups in total. The molecule has 1 aliphatic heterocycles. The second-order valence-corrected chi connectivity index (χ2v) is 8.20. The molecule has 29 heavy (non-hydrogen) atoms. The summed E-state index contributed by atoms with van der Waals surface area (Å²) in [6.07, 6.45) is 2.96. The van der Waals surface area contributed by atoms with Gasteiger partial charge in [-0.1, -0.05) is 30.3 Å². The summed E-state index contributed by atoms with van der Waals surface area (Å²) in [6, 6.07) is 9.81. The third kappa shape index (κ3) is 4.78. The van der Waals surface area contributed by atoms with Gasteiger partial charge in [0.25, 0.3) is 0 Å². The van der Waals surface area contributed by atoms with Gasteiger partial charge in [0.15, 0.2) is 0 Å². The number of benzene rings is 1. The van der Waals surface area contributed by atoms with Gasteiger partial charge in [-0.2, -0.15) is 0 Å². The highest BCUT2D eigenvalue weighted by Crippen LogP contribution is 2.39. The topological polar surface area (TPSA) is 95.9 Å². The lowest BCUT2D eigenvalue weighted by Crippen LogP contribution is -2.66. The third-order valence-electron chi connectivity index (χ3n) is 6.10. The Labute approximate surface area is 171 Å². The van der Waals surface area contributed by atoms with Gasteiger partial charge >= 0.3 is 5.97 Å². The average molecular weight is 402 g/mol. The summed E-state index contributed by atoms with van der Waals surface area (Å²) in [5.74, 6) is -0.663. The number of carbonyl (C=O) groups is 3. The molecule has 1 saturated carbocycles. The summed E-state index contributed by atoms with van der Waals surface area (Å²) in [6.45, 7) is 1.21. The smallest absolute Gasteiger partial charge is 0.308 e. The van der Waals surface area contributed by atoms with Crippen LogP contribution in [0.1, 0.15) is 31.2 Å². The first-order valence-electron chi connectivity index (χ1n) is 10.3. The van der Waals surface area contributed by atoms with Crippen LogP contribution in [0.5, 0.6) is 0 Å². The molecule has 7 nitrogen and oxygen atoms in total. The van der Waals surface area contributed by atoms with Crippen molar-refractivity contribution in [2.45, 2.75) is 32.1 Å². The second-order valence-electron chi connectivity index (χ2n) is 8.20. The molecule has 1 aromatic carbocycles. The standard InChI is InChI=1S/C22H30N2O5/c1-29-20(27)18-9-8-17(12-18)19(26)24-14-22(15-24,21(28)23-10-5-11-25)13-16-6-3-2-4-7-16/h2-4,6-7,17-18,25H,5,8-15H2,1H3,(H,23,28)/t17-,18+/m0/s1. The monoisotopic (exact) mass is 402 g/mol. The Kier molecular flexibility index (Phi) is 6.90. The molecule has 158 valence electrons. The number of nitrogens with one attached hydrogen (secondary N) is 1. The highest BCUT2D eigenvalue weighted by Gasteiger charge is 2.52. The number of aliphatic hydroxyl groups excluding tert-OH is 1. The lowest BCUT2D eigenvalue weighted by Gasteiger charge is -2.49. The first kappa shape index (κ1) is 21.3. The molecule has 2 aliphatic rings. The fourth-order valence-corrected chi connectivity index (χ4v) is 4.48. The van der Waals surface area contributed by atoms with E-state index < -0.39 is 5.41 Å². The van der Waals surface area contributed by atoms with Crippen LogP contribution >= 0.6 is 0 Å². The fourth-order valence-electron chi connectivity index (χ4n) is 4.48. The van der Waals surface area contributed by atoms with Crippen molar-refractivity contribution in [1.82, 2.24) is 10.2 Å². The van der Waals surface area contributed by atoms with Crippen LogP contribution in [0.4, 0.5) is 0 Å². The molecule has 0 aromatic heterocycles. The van der Waals surface area contributed by atoms with Gasteiger partial charge in [-0.3, -0.25) is 14.4 Å². The Hall–Kier alpha value is -2.41. The molecule has 2 amide bonds. The number of esters is 1. The molecule has 0 unspecified atom stereocenters. The summed E-state index contributed by atoms with van der Waals surface area (Å²) in [5.41, 5.74) is 0.413. The van der Waals surface area contributed by atoms with Crippen molar-refractivity contribution in [3.63, 3.8) is 0 Å². The van der Waals surface area contributed by atoms with Crippen molar-refractivity contribution in [2.24, 2.45) is 17.3 Å². The summed E-state index contributed by atoms with van der Waals surface area (Å²) in [4.78, 5) is 39.3. The quantitative estimate of drug-likeness (QED) is 0.502. The lowest BCUT2D eigenvalue weighted by molar-refractivity contribution is -0.156. The van der Waals surface area contributed by atoms with Crippen LogP contribution in [-0.4, -0.2) is 61.1 Å². The molecule has 1 aliphatic carbocycles. The van der Waals surface area contributed by atoms with Crippen molar-refractivity contribution in [3.8, 4) is 0 Å². The van der Waals surface area contributed by atoms with Crippen LogP contribution in [0.2, 0.25) is 0 Å².